The van der Waals surface area contributed by atoms with Crippen LogP contribution in [0.4, 0.5) is 0 Å². The lowest BCUT2D eigenvalue weighted by Crippen LogP contribution is -2.65. The van der Waals surface area contributed by atoms with E-state index in [1.807, 2.05) is 31.2 Å². The van der Waals surface area contributed by atoms with E-state index < -0.39 is 0 Å². The van der Waals surface area contributed by atoms with Crippen LogP contribution in [-0.4, -0.2) is 22.9 Å². The van der Waals surface area contributed by atoms with E-state index in [0.29, 0.717) is 35.0 Å². The highest BCUT2D eigenvalue weighted by molar-refractivity contribution is 6.30. The fourth-order valence-corrected chi connectivity index (χ4v) is 13.1. The number of allylic oxidation sites excluding steroid dienone is 3. The van der Waals surface area contributed by atoms with Gasteiger partial charge in [-0.05, 0) is 145 Å². The van der Waals surface area contributed by atoms with E-state index in [2.05, 4.69) is 59.9 Å². The number of carbonyl (C=O) groups is 2. The average Bonchev–Trinajstić information content (AvgIpc) is 3.71. The molecule has 2 N–H and O–H groups in total. The minimum Gasteiger partial charge on any atom is -0.393 e. The van der Waals surface area contributed by atoms with Crippen molar-refractivity contribution in [3.8, 4) is 0 Å². The quantitative estimate of drug-likeness (QED) is 0.309. The third-order valence-electron chi connectivity index (χ3n) is 15.8. The molecule has 0 bridgehead atoms. The van der Waals surface area contributed by atoms with Crippen LogP contribution in [0, 0.1) is 50.7 Å². The first-order chi connectivity index (χ1) is 21.9. The third kappa shape index (κ3) is 4.69. The molecule has 0 heterocycles. The molecule has 0 aromatic heterocycles. The summed E-state index contributed by atoms with van der Waals surface area (Å²) in [5.41, 5.74) is 4.02. The van der Waals surface area contributed by atoms with Gasteiger partial charge in [0.2, 0.25) is 5.91 Å². The molecule has 256 valence electrons. The Morgan fingerprint density at radius 1 is 0.894 bits per heavy atom. The lowest BCUT2D eigenvalue weighted by Gasteiger charge is -2.72. The third-order valence-corrected chi connectivity index (χ3v) is 16.1. The van der Waals surface area contributed by atoms with E-state index in [1.165, 1.54) is 24.8 Å². The molecule has 47 heavy (non-hydrogen) atoms. The second-order valence-electron chi connectivity index (χ2n) is 18.6. The topological polar surface area (TPSA) is 66.4 Å². The molecule has 6 aliphatic carbocycles. The van der Waals surface area contributed by atoms with Crippen LogP contribution in [-0.2, 0) is 15.1 Å². The zero-order valence-corrected chi connectivity index (χ0v) is 30.9. The molecule has 7 rings (SSSR count). The SMILES string of the molecule is C/C(=C\[C@@]12CC[C@]3(C)[C@H](CC[C@@H]4[C@@]5(C)CC[C@H](O)C(C)(C)C5CC[C@]43C)C1=C(C(C)C)C(=O)C2)C(=O)NC1(c2ccc(Cl)cc2)CC1. The molecule has 5 saturated carbocycles. The smallest absolute Gasteiger partial charge is 0.247 e. The van der Waals surface area contributed by atoms with Gasteiger partial charge in [0.15, 0.2) is 5.78 Å². The van der Waals surface area contributed by atoms with Crippen molar-refractivity contribution in [1.82, 2.24) is 5.32 Å². The van der Waals surface area contributed by atoms with Gasteiger partial charge >= 0.3 is 0 Å². The number of rotatable bonds is 5. The molecular formula is C42H58ClNO3. The van der Waals surface area contributed by atoms with Crippen molar-refractivity contribution in [2.24, 2.45) is 50.7 Å². The second-order valence-corrected chi connectivity index (χ2v) is 19.0. The van der Waals surface area contributed by atoms with Gasteiger partial charge in [0, 0.05) is 22.4 Å². The molecule has 1 amide bonds. The Kier molecular flexibility index (Phi) is 7.71. The van der Waals surface area contributed by atoms with Crippen molar-refractivity contribution in [3.63, 3.8) is 0 Å². The summed E-state index contributed by atoms with van der Waals surface area (Å²) in [4.78, 5) is 28.0. The first-order valence-electron chi connectivity index (χ1n) is 18.7. The van der Waals surface area contributed by atoms with Gasteiger partial charge in [-0.2, -0.15) is 0 Å². The summed E-state index contributed by atoms with van der Waals surface area (Å²) in [6.07, 6.45) is 13.1. The van der Waals surface area contributed by atoms with Crippen LogP contribution in [0.25, 0.3) is 0 Å². The van der Waals surface area contributed by atoms with Crippen molar-refractivity contribution in [1.29, 1.82) is 0 Å². The number of nitrogens with one attached hydrogen (secondary N) is 1. The van der Waals surface area contributed by atoms with E-state index in [9.17, 15) is 14.7 Å². The lowest BCUT2D eigenvalue weighted by molar-refractivity contribution is -0.227. The first-order valence-corrected chi connectivity index (χ1v) is 19.1. The summed E-state index contributed by atoms with van der Waals surface area (Å²) in [7, 11) is 0. The van der Waals surface area contributed by atoms with E-state index in [0.717, 1.165) is 61.7 Å². The van der Waals surface area contributed by atoms with Crippen LogP contribution < -0.4 is 5.32 Å². The number of aliphatic hydroxyl groups excluding tert-OH is 1. The van der Waals surface area contributed by atoms with Gasteiger partial charge < -0.3 is 10.4 Å². The van der Waals surface area contributed by atoms with Gasteiger partial charge in [0.05, 0.1) is 11.6 Å². The Bertz CT molecular complexity index is 1550. The van der Waals surface area contributed by atoms with E-state index >= 15 is 0 Å². The summed E-state index contributed by atoms with van der Waals surface area (Å²) in [5.74, 6) is 1.94. The van der Waals surface area contributed by atoms with E-state index in [1.54, 1.807) is 0 Å². The van der Waals surface area contributed by atoms with Crippen molar-refractivity contribution in [2.45, 2.75) is 138 Å². The maximum absolute atomic E-state index is 14.1. The molecule has 0 aliphatic heterocycles. The number of hydrogen-bond acceptors (Lipinski definition) is 3. The molecule has 0 saturated heterocycles. The highest BCUT2D eigenvalue weighted by Crippen LogP contribution is 2.76. The van der Waals surface area contributed by atoms with Gasteiger partial charge in [0.25, 0.3) is 0 Å². The van der Waals surface area contributed by atoms with Crippen LogP contribution in [0.15, 0.2) is 47.1 Å². The highest BCUT2D eigenvalue weighted by atomic mass is 35.5. The van der Waals surface area contributed by atoms with Gasteiger partial charge in [-0.25, -0.2) is 0 Å². The second kappa shape index (κ2) is 10.8. The van der Waals surface area contributed by atoms with Crippen molar-refractivity contribution < 1.29 is 14.7 Å². The number of Topliss-reactive ketones (excluding diaryl/α,β-unsaturated/α-hetero) is 1. The summed E-state index contributed by atoms with van der Waals surface area (Å²) < 4.78 is 0. The van der Waals surface area contributed by atoms with Gasteiger partial charge in [-0.15, -0.1) is 0 Å². The largest absolute Gasteiger partial charge is 0.393 e. The number of fused-ring (bicyclic) bond motifs is 7. The highest BCUT2D eigenvalue weighted by Gasteiger charge is 2.69. The van der Waals surface area contributed by atoms with Crippen molar-refractivity contribution >= 4 is 23.3 Å². The molecule has 0 spiro atoms. The van der Waals surface area contributed by atoms with Crippen molar-refractivity contribution in [2.75, 3.05) is 0 Å². The number of aliphatic hydroxyl groups is 1. The predicted octanol–water partition coefficient (Wildman–Crippen LogP) is 9.73. The fraction of sp³-hybridized carbons (Fsp3) is 0.714. The number of ketones is 1. The van der Waals surface area contributed by atoms with Crippen molar-refractivity contribution in [3.05, 3.63) is 57.6 Å². The Morgan fingerprint density at radius 2 is 1.57 bits per heavy atom. The monoisotopic (exact) mass is 659 g/mol. The Labute approximate surface area is 288 Å². The first kappa shape index (κ1) is 33.6. The predicted molar refractivity (Wildman–Crippen MR) is 190 cm³/mol. The summed E-state index contributed by atoms with van der Waals surface area (Å²) in [5, 5.41) is 15.2. The maximum atomic E-state index is 14.1. The molecule has 1 aromatic carbocycles. The number of carbonyl (C=O) groups excluding carboxylic acids is 2. The average molecular weight is 660 g/mol. The van der Waals surface area contributed by atoms with Crippen LogP contribution in [0.2, 0.25) is 5.02 Å². The number of benzene rings is 1. The van der Waals surface area contributed by atoms with Gasteiger partial charge in [0.1, 0.15) is 0 Å². The van der Waals surface area contributed by atoms with E-state index in [-0.39, 0.29) is 50.5 Å². The van der Waals surface area contributed by atoms with Gasteiger partial charge in [-0.3, -0.25) is 9.59 Å². The van der Waals surface area contributed by atoms with Crippen LogP contribution in [0.5, 0.6) is 0 Å². The molecule has 4 nitrogen and oxygen atoms in total. The molecular weight excluding hydrogens is 602 g/mol. The number of halogens is 1. The van der Waals surface area contributed by atoms with Gasteiger partial charge in [-0.1, -0.05) is 78.3 Å². The van der Waals surface area contributed by atoms with Crippen LogP contribution in [0.1, 0.15) is 132 Å². The molecule has 6 aliphatic rings. The Morgan fingerprint density at radius 3 is 2.21 bits per heavy atom. The maximum Gasteiger partial charge on any atom is 0.247 e. The molecule has 0 radical (unpaired) electrons. The summed E-state index contributed by atoms with van der Waals surface area (Å²) in [6.45, 7) is 18.8. The molecule has 5 heteroatoms. The minimum absolute atomic E-state index is 0.0195. The Balaban J connectivity index is 1.23. The lowest BCUT2D eigenvalue weighted by atomic mass is 9.33. The fourth-order valence-electron chi connectivity index (χ4n) is 13.0. The Hall–Kier alpha value is -1.91. The normalized spacial score (nSPS) is 41.9. The zero-order chi connectivity index (χ0) is 33.9. The van der Waals surface area contributed by atoms with Crippen LogP contribution in [0.3, 0.4) is 0 Å². The zero-order valence-electron chi connectivity index (χ0n) is 30.2. The minimum atomic E-state index is -0.374. The summed E-state index contributed by atoms with van der Waals surface area (Å²) >= 11 is 6.16. The van der Waals surface area contributed by atoms with Crippen LogP contribution >= 0.6 is 11.6 Å². The molecule has 5 fully saturated rings. The standard InChI is InChI=1S/C42H58ClNO3/c1-25(2)34-30(45)24-41(23-26(3)36(47)44-42(21-22-42)27-9-11-28(43)12-10-27)20-19-39(7)29(35(34)41)13-14-32-38(6)17-16-33(46)37(4,5)31(38)15-18-40(32,39)8/h9-12,23,25,29,31-33,46H,13-22,24H2,1-8H3,(H,44,47)/b26-23+/t29-,31?,32-,33+,38+,39-,40-,41-/m1/s1. The number of amides is 1. The molecule has 8 atom stereocenters. The summed E-state index contributed by atoms with van der Waals surface area (Å²) in [6, 6.07) is 7.86. The molecule has 1 aromatic rings. The molecule has 1 unspecified atom stereocenters. The number of hydrogen-bond donors (Lipinski definition) is 2. The van der Waals surface area contributed by atoms with E-state index in [4.69, 9.17) is 11.6 Å².